The van der Waals surface area contributed by atoms with Crippen molar-refractivity contribution >= 4 is 23.1 Å². The van der Waals surface area contributed by atoms with Gasteiger partial charge < -0.3 is 13.9 Å². The van der Waals surface area contributed by atoms with Gasteiger partial charge in [0.2, 0.25) is 5.89 Å². The van der Waals surface area contributed by atoms with Crippen molar-refractivity contribution in [3.05, 3.63) is 59.3 Å². The maximum atomic E-state index is 12.2. The minimum Gasteiger partial charge on any atom is -0.494 e. The van der Waals surface area contributed by atoms with E-state index in [0.717, 1.165) is 17.0 Å². The number of nitrogens with zero attached hydrogens (tertiary/aromatic N) is 1. The molecular formula is C21H21NO5S. The standard InChI is InChI=1S/C21H21NO5S/c1-2-11-25-17-7-5-15(6-8-17)18(23)9-10-20(24)26-13-16-14-27-21(22-16)19-4-3-12-28-19/h3-8,12,14H,2,9-11,13H2,1H3. The van der Waals surface area contributed by atoms with E-state index >= 15 is 0 Å². The molecule has 0 bridgehead atoms. The van der Waals surface area contributed by atoms with Crippen molar-refractivity contribution in [3.8, 4) is 16.5 Å². The van der Waals surface area contributed by atoms with Gasteiger partial charge in [0.05, 0.1) is 17.9 Å². The summed E-state index contributed by atoms with van der Waals surface area (Å²) in [5.41, 5.74) is 1.08. The average molecular weight is 399 g/mol. The number of ether oxygens (including phenoxy) is 2. The highest BCUT2D eigenvalue weighted by Gasteiger charge is 2.13. The Balaban J connectivity index is 1.42. The van der Waals surface area contributed by atoms with Gasteiger partial charge in [0.15, 0.2) is 5.78 Å². The first-order chi connectivity index (χ1) is 13.7. The molecule has 0 amide bonds. The lowest BCUT2D eigenvalue weighted by Gasteiger charge is -2.06. The normalized spacial score (nSPS) is 10.6. The van der Waals surface area contributed by atoms with Crippen LogP contribution in [0.3, 0.4) is 0 Å². The van der Waals surface area contributed by atoms with Crippen molar-refractivity contribution in [2.24, 2.45) is 0 Å². The number of oxazole rings is 1. The van der Waals surface area contributed by atoms with Gasteiger partial charge in [-0.15, -0.1) is 11.3 Å². The molecule has 0 unspecified atom stereocenters. The zero-order chi connectivity index (χ0) is 19.8. The molecule has 1 aromatic carbocycles. The third-order valence-corrected chi connectivity index (χ3v) is 4.73. The van der Waals surface area contributed by atoms with Gasteiger partial charge in [0.1, 0.15) is 24.3 Å². The van der Waals surface area contributed by atoms with E-state index in [9.17, 15) is 9.59 Å². The number of Topliss-reactive ketones (excluding diaryl/α,β-unsaturated/α-hetero) is 1. The number of hydrogen-bond acceptors (Lipinski definition) is 7. The van der Waals surface area contributed by atoms with Crippen LogP contribution in [0.5, 0.6) is 5.75 Å². The molecule has 7 heteroatoms. The Bertz CT molecular complexity index is 899. The number of carbonyl (C=O) groups excluding carboxylic acids is 2. The minimum absolute atomic E-state index is 0.0164. The fourth-order valence-electron chi connectivity index (χ4n) is 2.43. The fraction of sp³-hybridized carbons (Fsp3) is 0.286. The van der Waals surface area contributed by atoms with Crippen LogP contribution in [0, 0.1) is 0 Å². The highest BCUT2D eigenvalue weighted by Crippen LogP contribution is 2.23. The number of ketones is 1. The Kier molecular flexibility index (Phi) is 6.97. The molecule has 0 fully saturated rings. The molecule has 28 heavy (non-hydrogen) atoms. The van der Waals surface area contributed by atoms with E-state index in [1.165, 1.54) is 17.6 Å². The van der Waals surface area contributed by atoms with Crippen LogP contribution >= 0.6 is 11.3 Å². The van der Waals surface area contributed by atoms with E-state index in [1.807, 2.05) is 24.4 Å². The molecule has 0 aliphatic rings. The van der Waals surface area contributed by atoms with Crippen molar-refractivity contribution in [1.29, 1.82) is 0 Å². The summed E-state index contributed by atoms with van der Waals surface area (Å²) in [6, 6.07) is 10.8. The highest BCUT2D eigenvalue weighted by atomic mass is 32.1. The second-order valence-electron chi connectivity index (χ2n) is 6.08. The number of benzene rings is 1. The van der Waals surface area contributed by atoms with Crippen molar-refractivity contribution < 1.29 is 23.5 Å². The quantitative estimate of drug-likeness (QED) is 0.356. The van der Waals surface area contributed by atoms with E-state index in [-0.39, 0.29) is 25.2 Å². The van der Waals surface area contributed by atoms with Gasteiger partial charge in [-0.25, -0.2) is 4.98 Å². The predicted molar refractivity (Wildman–Crippen MR) is 105 cm³/mol. The second kappa shape index (κ2) is 9.85. The van der Waals surface area contributed by atoms with Gasteiger partial charge in [-0.05, 0) is 42.1 Å². The lowest BCUT2D eigenvalue weighted by molar-refractivity contribution is -0.145. The Hall–Kier alpha value is -2.93. The van der Waals surface area contributed by atoms with Gasteiger partial charge in [0, 0.05) is 12.0 Å². The Morgan fingerprint density at radius 2 is 1.96 bits per heavy atom. The molecule has 3 aromatic rings. The molecule has 0 spiro atoms. The van der Waals surface area contributed by atoms with Crippen LogP contribution in [0.25, 0.3) is 10.8 Å². The summed E-state index contributed by atoms with van der Waals surface area (Å²) in [6.45, 7) is 2.69. The summed E-state index contributed by atoms with van der Waals surface area (Å²) in [5.74, 6) is 0.673. The molecule has 146 valence electrons. The molecule has 3 rings (SSSR count). The second-order valence-corrected chi connectivity index (χ2v) is 7.03. The molecule has 0 saturated carbocycles. The lowest BCUT2D eigenvalue weighted by Crippen LogP contribution is -2.08. The third kappa shape index (κ3) is 5.53. The zero-order valence-corrected chi connectivity index (χ0v) is 16.4. The molecule has 2 heterocycles. The Morgan fingerprint density at radius 1 is 1.14 bits per heavy atom. The van der Waals surface area contributed by atoms with Gasteiger partial charge in [-0.2, -0.15) is 0 Å². The minimum atomic E-state index is -0.447. The summed E-state index contributed by atoms with van der Waals surface area (Å²) in [5, 5.41) is 1.93. The van der Waals surface area contributed by atoms with Crippen LogP contribution in [0.2, 0.25) is 0 Å². The molecule has 0 saturated heterocycles. The average Bonchev–Trinajstić information content (AvgIpc) is 3.41. The number of rotatable bonds is 10. The SMILES string of the molecule is CCCOc1ccc(C(=O)CCC(=O)OCc2coc(-c3cccs3)n2)cc1. The van der Waals surface area contributed by atoms with Crippen LogP contribution in [-0.2, 0) is 16.1 Å². The van der Waals surface area contributed by atoms with Crippen LogP contribution in [0.1, 0.15) is 42.2 Å². The van der Waals surface area contributed by atoms with Crippen LogP contribution < -0.4 is 4.74 Å². The van der Waals surface area contributed by atoms with Gasteiger partial charge in [0.25, 0.3) is 0 Å². The first-order valence-corrected chi connectivity index (χ1v) is 9.93. The summed E-state index contributed by atoms with van der Waals surface area (Å²) >= 11 is 1.52. The molecule has 0 aliphatic carbocycles. The van der Waals surface area contributed by atoms with Crippen molar-refractivity contribution in [1.82, 2.24) is 4.98 Å². The molecule has 0 N–H and O–H groups in total. The molecule has 0 atom stereocenters. The van der Waals surface area contributed by atoms with Gasteiger partial charge in [-0.3, -0.25) is 9.59 Å². The fourth-order valence-corrected chi connectivity index (χ4v) is 3.09. The molecular weight excluding hydrogens is 378 g/mol. The Morgan fingerprint density at radius 3 is 2.68 bits per heavy atom. The number of carbonyl (C=O) groups is 2. The first-order valence-electron chi connectivity index (χ1n) is 9.05. The van der Waals surface area contributed by atoms with E-state index < -0.39 is 5.97 Å². The first kappa shape index (κ1) is 19.8. The van der Waals surface area contributed by atoms with E-state index in [0.29, 0.717) is 23.8 Å². The van der Waals surface area contributed by atoms with E-state index in [1.54, 1.807) is 24.3 Å². The van der Waals surface area contributed by atoms with E-state index in [2.05, 4.69) is 4.98 Å². The zero-order valence-electron chi connectivity index (χ0n) is 15.6. The summed E-state index contributed by atoms with van der Waals surface area (Å²) in [7, 11) is 0. The number of thiophene rings is 1. The lowest BCUT2D eigenvalue weighted by atomic mass is 10.1. The highest BCUT2D eigenvalue weighted by molar-refractivity contribution is 7.13. The van der Waals surface area contributed by atoms with Gasteiger partial charge in [-0.1, -0.05) is 13.0 Å². The maximum absolute atomic E-state index is 12.2. The monoisotopic (exact) mass is 399 g/mol. The molecule has 2 aromatic heterocycles. The summed E-state index contributed by atoms with van der Waals surface area (Å²) < 4.78 is 16.0. The summed E-state index contributed by atoms with van der Waals surface area (Å²) in [6.07, 6.45) is 2.50. The molecule has 6 nitrogen and oxygen atoms in total. The van der Waals surface area contributed by atoms with Crippen LogP contribution in [0.4, 0.5) is 0 Å². The third-order valence-electron chi connectivity index (χ3n) is 3.87. The number of esters is 1. The largest absolute Gasteiger partial charge is 0.494 e. The van der Waals surface area contributed by atoms with E-state index in [4.69, 9.17) is 13.9 Å². The molecule has 0 radical (unpaired) electrons. The van der Waals surface area contributed by atoms with Crippen LogP contribution in [-0.4, -0.2) is 23.3 Å². The summed E-state index contributed by atoms with van der Waals surface area (Å²) in [4.78, 5) is 29.3. The predicted octanol–water partition coefficient (Wildman–Crippen LogP) is 4.90. The number of aromatic nitrogens is 1. The topological polar surface area (TPSA) is 78.6 Å². The molecule has 0 aliphatic heterocycles. The Labute approximate surface area is 167 Å². The number of hydrogen-bond donors (Lipinski definition) is 0. The van der Waals surface area contributed by atoms with Crippen LogP contribution in [0.15, 0.2) is 52.5 Å². The van der Waals surface area contributed by atoms with Crippen molar-refractivity contribution in [3.63, 3.8) is 0 Å². The smallest absolute Gasteiger partial charge is 0.306 e. The maximum Gasteiger partial charge on any atom is 0.306 e. The van der Waals surface area contributed by atoms with Crippen molar-refractivity contribution in [2.75, 3.05) is 6.61 Å². The van der Waals surface area contributed by atoms with Crippen molar-refractivity contribution in [2.45, 2.75) is 32.8 Å². The van der Waals surface area contributed by atoms with Gasteiger partial charge >= 0.3 is 5.97 Å².